The number of pyridine rings is 1. The number of aromatic nitrogens is 1. The lowest BCUT2D eigenvalue weighted by Crippen LogP contribution is -2.05. The molecule has 0 radical (unpaired) electrons. The van der Waals surface area contributed by atoms with E-state index in [4.69, 9.17) is 5.73 Å². The Bertz CT molecular complexity index is 803. The van der Waals surface area contributed by atoms with Gasteiger partial charge in [-0.2, -0.15) is 0 Å². The van der Waals surface area contributed by atoms with Gasteiger partial charge < -0.3 is 10.8 Å². The summed E-state index contributed by atoms with van der Waals surface area (Å²) in [6.07, 6.45) is 4.68. The van der Waals surface area contributed by atoms with Crippen molar-refractivity contribution in [3.63, 3.8) is 0 Å². The molecule has 1 unspecified atom stereocenters. The molecule has 2 rings (SSSR count). The fraction of sp³-hybridized carbons (Fsp3) is 0.263. The highest BCUT2D eigenvalue weighted by molar-refractivity contribution is 9.18. The predicted molar refractivity (Wildman–Crippen MR) is 103 cm³/mol. The fourth-order valence-corrected chi connectivity index (χ4v) is 3.11. The molecule has 1 heterocycles. The first-order valence-electron chi connectivity index (χ1n) is 7.99. The van der Waals surface area contributed by atoms with Crippen molar-refractivity contribution in [2.45, 2.75) is 26.4 Å². The summed E-state index contributed by atoms with van der Waals surface area (Å²) >= 11 is 3.45. The monoisotopic (exact) mass is 405 g/mol. The van der Waals surface area contributed by atoms with Gasteiger partial charge in [0.05, 0.1) is 6.10 Å². The van der Waals surface area contributed by atoms with Crippen molar-refractivity contribution in [1.82, 2.24) is 4.98 Å². The van der Waals surface area contributed by atoms with Crippen molar-refractivity contribution in [1.29, 1.82) is 0 Å². The Morgan fingerprint density at radius 1 is 1.40 bits per heavy atom. The molecular weight excluding hydrogens is 385 g/mol. The van der Waals surface area contributed by atoms with Crippen LogP contribution >= 0.6 is 15.9 Å². The lowest BCUT2D eigenvalue weighted by Gasteiger charge is -2.16. The largest absolute Gasteiger partial charge is 0.404 e. The Kier molecular flexibility index (Phi) is 6.84. The number of aliphatic hydroxyl groups is 1. The average Bonchev–Trinajstić information content (AvgIpc) is 2.60. The maximum Gasteiger partial charge on any atom is 0.123 e. The standard InChI is InChI=1S/C19H21BrFN3O/c1-3-24-19(20)14(10-22)8-13-6-7-23-11-18(13)16-5-4-15(21)9-17(16)12(2)25/h4-7,9-12,25H,3,8,22H2,1-2H3. The van der Waals surface area contributed by atoms with Crippen molar-refractivity contribution in [3.8, 4) is 11.1 Å². The second-order valence-electron chi connectivity index (χ2n) is 5.57. The molecule has 0 aliphatic rings. The van der Waals surface area contributed by atoms with Crippen LogP contribution in [0, 0.1) is 5.82 Å². The molecule has 6 heteroatoms. The van der Waals surface area contributed by atoms with Crippen LogP contribution in [0.3, 0.4) is 0 Å². The fourth-order valence-electron chi connectivity index (χ4n) is 2.59. The van der Waals surface area contributed by atoms with Gasteiger partial charge >= 0.3 is 0 Å². The van der Waals surface area contributed by atoms with E-state index in [1.165, 1.54) is 18.3 Å². The number of hydrogen-bond donors (Lipinski definition) is 2. The van der Waals surface area contributed by atoms with Crippen molar-refractivity contribution in [2.75, 3.05) is 6.54 Å². The number of allylic oxidation sites excluding steroid dienone is 1. The molecule has 0 aliphatic carbocycles. The third kappa shape index (κ3) is 4.74. The van der Waals surface area contributed by atoms with Crippen molar-refractivity contribution >= 4 is 20.6 Å². The lowest BCUT2D eigenvalue weighted by molar-refractivity contribution is 0.199. The molecule has 25 heavy (non-hydrogen) atoms. The van der Waals surface area contributed by atoms with Gasteiger partial charge in [0.25, 0.3) is 0 Å². The topological polar surface area (TPSA) is 71.5 Å². The zero-order valence-corrected chi connectivity index (χ0v) is 15.8. The van der Waals surface area contributed by atoms with E-state index in [1.54, 1.807) is 25.4 Å². The lowest BCUT2D eigenvalue weighted by atomic mass is 9.92. The van der Waals surface area contributed by atoms with E-state index in [1.807, 2.05) is 13.0 Å². The molecule has 0 bridgehead atoms. The summed E-state index contributed by atoms with van der Waals surface area (Å²) < 4.78 is 14.3. The summed E-state index contributed by atoms with van der Waals surface area (Å²) in [6.45, 7) is 4.20. The second-order valence-corrected chi connectivity index (χ2v) is 6.33. The first-order chi connectivity index (χ1) is 12.0. The van der Waals surface area contributed by atoms with Gasteiger partial charge in [-0.1, -0.05) is 6.07 Å². The Balaban J connectivity index is 2.51. The van der Waals surface area contributed by atoms with Crippen LogP contribution in [0.1, 0.15) is 31.1 Å². The van der Waals surface area contributed by atoms with E-state index in [0.29, 0.717) is 23.1 Å². The van der Waals surface area contributed by atoms with Crippen molar-refractivity contribution in [3.05, 3.63) is 65.4 Å². The Morgan fingerprint density at radius 2 is 2.16 bits per heavy atom. The molecule has 1 atom stereocenters. The first-order valence-corrected chi connectivity index (χ1v) is 8.79. The SMILES string of the molecule is CCN=C(Br)C(=CN)Cc1ccncc1-c1ccc(F)cc1C(C)O. The minimum Gasteiger partial charge on any atom is -0.404 e. The molecule has 3 N–H and O–H groups in total. The summed E-state index contributed by atoms with van der Waals surface area (Å²) in [6, 6.07) is 6.29. The molecule has 1 aromatic heterocycles. The van der Waals surface area contributed by atoms with Gasteiger partial charge in [0.2, 0.25) is 0 Å². The Labute approximate surface area is 155 Å². The number of nitrogens with zero attached hydrogens (tertiary/aromatic N) is 2. The maximum absolute atomic E-state index is 13.6. The van der Waals surface area contributed by atoms with E-state index in [0.717, 1.165) is 22.3 Å². The van der Waals surface area contributed by atoms with Crippen LogP contribution in [0.25, 0.3) is 11.1 Å². The quantitative estimate of drug-likeness (QED) is 0.709. The van der Waals surface area contributed by atoms with Gasteiger partial charge in [-0.3, -0.25) is 9.98 Å². The van der Waals surface area contributed by atoms with Crippen LogP contribution in [0.2, 0.25) is 0 Å². The number of benzene rings is 1. The van der Waals surface area contributed by atoms with E-state index >= 15 is 0 Å². The molecule has 2 aromatic rings. The first kappa shape index (κ1) is 19.3. The maximum atomic E-state index is 13.6. The predicted octanol–water partition coefficient (Wildman–Crippen LogP) is 4.14. The van der Waals surface area contributed by atoms with Crippen LogP contribution in [0.4, 0.5) is 4.39 Å². The molecule has 0 spiro atoms. The van der Waals surface area contributed by atoms with E-state index in [9.17, 15) is 9.50 Å². The van der Waals surface area contributed by atoms with Gasteiger partial charge in [-0.05, 0) is 64.7 Å². The molecule has 0 aliphatic heterocycles. The number of nitrogens with two attached hydrogens (primary N) is 1. The summed E-state index contributed by atoms with van der Waals surface area (Å²) in [5, 5.41) is 10.0. The van der Waals surface area contributed by atoms with Gasteiger partial charge in [0.15, 0.2) is 0 Å². The zero-order chi connectivity index (χ0) is 18.4. The van der Waals surface area contributed by atoms with E-state index in [2.05, 4.69) is 25.9 Å². The Hall–Kier alpha value is -2.05. The van der Waals surface area contributed by atoms with Gasteiger partial charge in [0.1, 0.15) is 10.4 Å². The average molecular weight is 406 g/mol. The van der Waals surface area contributed by atoms with Crippen molar-refractivity contribution < 1.29 is 9.50 Å². The molecule has 0 fully saturated rings. The molecule has 4 nitrogen and oxygen atoms in total. The van der Waals surface area contributed by atoms with Crippen LogP contribution in [0.15, 0.2) is 53.4 Å². The number of rotatable bonds is 6. The van der Waals surface area contributed by atoms with Crippen LogP contribution < -0.4 is 5.73 Å². The van der Waals surface area contributed by atoms with Gasteiger partial charge in [-0.15, -0.1) is 0 Å². The molecule has 0 saturated heterocycles. The zero-order valence-electron chi connectivity index (χ0n) is 14.2. The normalized spacial score (nSPS) is 13.8. The second kappa shape index (κ2) is 8.87. The summed E-state index contributed by atoms with van der Waals surface area (Å²) in [4.78, 5) is 8.52. The van der Waals surface area contributed by atoms with Gasteiger partial charge in [0, 0.05) is 42.7 Å². The van der Waals surface area contributed by atoms with Crippen LogP contribution in [-0.4, -0.2) is 21.3 Å². The number of halogens is 2. The third-order valence-corrected chi connectivity index (χ3v) is 4.57. The van der Waals surface area contributed by atoms with Crippen LogP contribution in [0.5, 0.6) is 0 Å². The van der Waals surface area contributed by atoms with Gasteiger partial charge in [-0.25, -0.2) is 4.39 Å². The van der Waals surface area contributed by atoms with E-state index in [-0.39, 0.29) is 5.82 Å². The Morgan fingerprint density at radius 3 is 2.80 bits per heavy atom. The third-order valence-electron chi connectivity index (χ3n) is 3.81. The summed E-state index contributed by atoms with van der Waals surface area (Å²) in [7, 11) is 0. The minimum atomic E-state index is -0.795. The minimum absolute atomic E-state index is 0.384. The number of hydrogen-bond acceptors (Lipinski definition) is 4. The van der Waals surface area contributed by atoms with E-state index < -0.39 is 6.10 Å². The number of aliphatic hydroxyl groups excluding tert-OH is 1. The molecule has 0 saturated carbocycles. The molecule has 0 amide bonds. The highest BCUT2D eigenvalue weighted by Crippen LogP contribution is 2.32. The highest BCUT2D eigenvalue weighted by Gasteiger charge is 2.16. The highest BCUT2D eigenvalue weighted by atomic mass is 79.9. The molecule has 132 valence electrons. The number of aliphatic imine (C=N–C) groups is 1. The molecule has 1 aromatic carbocycles. The van der Waals surface area contributed by atoms with Crippen LogP contribution in [-0.2, 0) is 6.42 Å². The molecular formula is C19H21BrFN3O. The smallest absolute Gasteiger partial charge is 0.123 e. The summed E-state index contributed by atoms with van der Waals surface area (Å²) in [5.41, 5.74) is 9.66. The summed E-state index contributed by atoms with van der Waals surface area (Å²) in [5.74, 6) is -0.384. The van der Waals surface area contributed by atoms with Crippen molar-refractivity contribution in [2.24, 2.45) is 10.7 Å².